The first-order valence-corrected chi connectivity index (χ1v) is 6.65. The summed E-state index contributed by atoms with van der Waals surface area (Å²) in [5.74, 6) is 2.04. The number of hydrogen-bond donors (Lipinski definition) is 1. The molecule has 2 aromatic rings. The van der Waals surface area contributed by atoms with Crippen LogP contribution in [0.5, 0.6) is 17.2 Å². The van der Waals surface area contributed by atoms with Crippen molar-refractivity contribution in [2.24, 2.45) is 5.73 Å². The fourth-order valence-corrected chi connectivity index (χ4v) is 1.99. The van der Waals surface area contributed by atoms with E-state index in [4.69, 9.17) is 27.4 Å². The molecule has 4 heteroatoms. The molecule has 0 aliphatic rings. The molecule has 0 saturated heterocycles. The third-order valence-electron chi connectivity index (χ3n) is 3.16. The molecule has 0 radical (unpaired) electrons. The molecule has 0 unspecified atom stereocenters. The van der Waals surface area contributed by atoms with E-state index < -0.39 is 0 Å². The van der Waals surface area contributed by atoms with E-state index in [1.807, 2.05) is 31.2 Å². The van der Waals surface area contributed by atoms with Crippen molar-refractivity contribution in [2.45, 2.75) is 13.8 Å². The topological polar surface area (TPSA) is 44.5 Å². The molecule has 0 aliphatic carbocycles. The van der Waals surface area contributed by atoms with Gasteiger partial charge in [-0.15, -0.1) is 0 Å². The predicted octanol–water partition coefficient (Wildman–Crippen LogP) is 3.74. The molecular formula is C16H17NO2S. The normalized spacial score (nSPS) is 10.2. The highest BCUT2D eigenvalue weighted by Gasteiger charge is 2.10. The maximum atomic E-state index is 5.90. The van der Waals surface area contributed by atoms with E-state index in [1.54, 1.807) is 19.2 Å². The lowest BCUT2D eigenvalue weighted by molar-refractivity contribution is 0.409. The molecule has 2 aromatic carbocycles. The quantitative estimate of drug-likeness (QED) is 0.870. The van der Waals surface area contributed by atoms with E-state index in [2.05, 4.69) is 6.92 Å². The van der Waals surface area contributed by atoms with Crippen LogP contribution in [-0.4, -0.2) is 12.1 Å². The van der Waals surface area contributed by atoms with Crippen LogP contribution in [0.25, 0.3) is 0 Å². The van der Waals surface area contributed by atoms with Crippen molar-refractivity contribution in [3.05, 3.63) is 53.1 Å². The highest BCUT2D eigenvalue weighted by molar-refractivity contribution is 7.80. The summed E-state index contributed by atoms with van der Waals surface area (Å²) in [6.07, 6.45) is 0. The first-order chi connectivity index (χ1) is 9.51. The van der Waals surface area contributed by atoms with Crippen molar-refractivity contribution in [1.29, 1.82) is 0 Å². The lowest BCUT2D eigenvalue weighted by atomic mass is 10.1. The number of thiocarbonyl (C=S) groups is 1. The number of rotatable bonds is 4. The van der Waals surface area contributed by atoms with Gasteiger partial charge in [0.05, 0.1) is 12.7 Å². The maximum Gasteiger partial charge on any atom is 0.141 e. The van der Waals surface area contributed by atoms with Crippen molar-refractivity contribution in [3.8, 4) is 17.2 Å². The summed E-state index contributed by atoms with van der Waals surface area (Å²) < 4.78 is 11.1. The van der Waals surface area contributed by atoms with Crippen molar-refractivity contribution in [1.82, 2.24) is 0 Å². The second-order valence-corrected chi connectivity index (χ2v) is 5.01. The van der Waals surface area contributed by atoms with E-state index >= 15 is 0 Å². The number of hydrogen-bond acceptors (Lipinski definition) is 3. The Hall–Kier alpha value is -2.07. The molecule has 20 heavy (non-hydrogen) atoms. The van der Waals surface area contributed by atoms with Gasteiger partial charge >= 0.3 is 0 Å². The van der Waals surface area contributed by atoms with Crippen molar-refractivity contribution >= 4 is 17.2 Å². The first-order valence-electron chi connectivity index (χ1n) is 6.24. The SMILES string of the molecule is COc1ccc(C(N)=S)c(Oc2ccc(C)c(C)c2)c1. The minimum Gasteiger partial charge on any atom is -0.497 e. The van der Waals surface area contributed by atoms with Crippen LogP contribution in [0.15, 0.2) is 36.4 Å². The second kappa shape index (κ2) is 5.92. The summed E-state index contributed by atoms with van der Waals surface area (Å²) >= 11 is 5.05. The summed E-state index contributed by atoms with van der Waals surface area (Å²) in [6, 6.07) is 11.3. The first kappa shape index (κ1) is 14.3. The van der Waals surface area contributed by atoms with Gasteiger partial charge in [-0.05, 0) is 49.2 Å². The van der Waals surface area contributed by atoms with Crippen LogP contribution in [0, 0.1) is 13.8 Å². The Labute approximate surface area is 124 Å². The number of ether oxygens (including phenoxy) is 2. The molecule has 0 aliphatic heterocycles. The van der Waals surface area contributed by atoms with Crippen LogP contribution < -0.4 is 15.2 Å². The van der Waals surface area contributed by atoms with E-state index in [0.29, 0.717) is 22.1 Å². The summed E-state index contributed by atoms with van der Waals surface area (Å²) in [7, 11) is 1.61. The minimum atomic E-state index is 0.298. The number of aryl methyl sites for hydroxylation is 2. The van der Waals surface area contributed by atoms with Gasteiger partial charge in [0.15, 0.2) is 0 Å². The van der Waals surface area contributed by atoms with Gasteiger partial charge in [-0.25, -0.2) is 0 Å². The second-order valence-electron chi connectivity index (χ2n) is 4.57. The molecule has 0 amide bonds. The molecule has 0 saturated carbocycles. The van der Waals surface area contributed by atoms with Crippen LogP contribution in [0.2, 0.25) is 0 Å². The van der Waals surface area contributed by atoms with Gasteiger partial charge in [0.2, 0.25) is 0 Å². The lowest BCUT2D eigenvalue weighted by Gasteiger charge is -2.13. The van der Waals surface area contributed by atoms with Gasteiger partial charge in [-0.2, -0.15) is 0 Å². The summed E-state index contributed by atoms with van der Waals surface area (Å²) in [6.45, 7) is 4.10. The van der Waals surface area contributed by atoms with Crippen LogP contribution in [0.1, 0.15) is 16.7 Å². The molecular weight excluding hydrogens is 270 g/mol. The minimum absolute atomic E-state index is 0.298. The molecule has 2 N–H and O–H groups in total. The highest BCUT2D eigenvalue weighted by Crippen LogP contribution is 2.30. The van der Waals surface area contributed by atoms with Crippen molar-refractivity contribution in [3.63, 3.8) is 0 Å². The molecule has 0 bridgehead atoms. The van der Waals surface area contributed by atoms with Gasteiger partial charge < -0.3 is 15.2 Å². The van der Waals surface area contributed by atoms with E-state index in [-0.39, 0.29) is 0 Å². The number of benzene rings is 2. The van der Waals surface area contributed by atoms with Gasteiger partial charge in [0.1, 0.15) is 22.2 Å². The van der Waals surface area contributed by atoms with E-state index in [1.165, 1.54) is 11.1 Å². The van der Waals surface area contributed by atoms with Crippen LogP contribution in [0.4, 0.5) is 0 Å². The summed E-state index contributed by atoms with van der Waals surface area (Å²) in [4.78, 5) is 0.298. The molecule has 2 rings (SSSR count). The average Bonchev–Trinajstić information content (AvgIpc) is 2.42. The maximum absolute atomic E-state index is 5.90. The van der Waals surface area contributed by atoms with Gasteiger partial charge in [0.25, 0.3) is 0 Å². The van der Waals surface area contributed by atoms with Crippen LogP contribution in [-0.2, 0) is 0 Å². The molecule has 0 aromatic heterocycles. The molecule has 0 heterocycles. The standard InChI is InChI=1S/C16H17NO2S/c1-10-4-5-13(8-11(10)2)19-15-9-12(18-3)6-7-14(15)16(17)20/h4-9H,1-3H3,(H2,17,20). The van der Waals surface area contributed by atoms with Gasteiger partial charge in [-0.1, -0.05) is 18.3 Å². The Balaban J connectivity index is 2.40. The Kier molecular flexibility index (Phi) is 4.25. The van der Waals surface area contributed by atoms with Crippen LogP contribution in [0.3, 0.4) is 0 Å². The van der Waals surface area contributed by atoms with E-state index in [0.717, 1.165) is 5.75 Å². The van der Waals surface area contributed by atoms with Crippen molar-refractivity contribution in [2.75, 3.05) is 7.11 Å². The Morgan fingerprint density at radius 1 is 1.00 bits per heavy atom. The van der Waals surface area contributed by atoms with Gasteiger partial charge in [-0.3, -0.25) is 0 Å². The van der Waals surface area contributed by atoms with Gasteiger partial charge in [0, 0.05) is 6.07 Å². The number of methoxy groups -OCH3 is 1. The fourth-order valence-electron chi connectivity index (χ4n) is 1.82. The summed E-state index contributed by atoms with van der Waals surface area (Å²) in [5, 5.41) is 0. The zero-order valence-corrected chi connectivity index (χ0v) is 12.6. The largest absolute Gasteiger partial charge is 0.497 e. The molecule has 104 valence electrons. The zero-order chi connectivity index (χ0) is 14.7. The summed E-state index contributed by atoms with van der Waals surface area (Å²) in [5.41, 5.74) is 8.81. The molecule has 0 atom stereocenters. The van der Waals surface area contributed by atoms with Crippen LogP contribution >= 0.6 is 12.2 Å². The third-order valence-corrected chi connectivity index (χ3v) is 3.38. The Morgan fingerprint density at radius 2 is 1.70 bits per heavy atom. The van der Waals surface area contributed by atoms with E-state index in [9.17, 15) is 0 Å². The number of nitrogens with two attached hydrogens (primary N) is 1. The Bertz CT molecular complexity index is 653. The highest BCUT2D eigenvalue weighted by atomic mass is 32.1. The smallest absolute Gasteiger partial charge is 0.141 e. The third kappa shape index (κ3) is 3.08. The molecule has 0 fully saturated rings. The molecule has 3 nitrogen and oxygen atoms in total. The Morgan fingerprint density at radius 3 is 2.30 bits per heavy atom. The zero-order valence-electron chi connectivity index (χ0n) is 11.8. The predicted molar refractivity (Wildman–Crippen MR) is 84.9 cm³/mol. The fraction of sp³-hybridized carbons (Fsp3) is 0.188. The lowest BCUT2D eigenvalue weighted by Crippen LogP contribution is -2.10. The molecule has 0 spiro atoms. The average molecular weight is 287 g/mol. The monoisotopic (exact) mass is 287 g/mol. The van der Waals surface area contributed by atoms with Crippen molar-refractivity contribution < 1.29 is 9.47 Å².